The Balaban J connectivity index is 1.45. The minimum Gasteiger partial charge on any atom is -0.382 e. The second kappa shape index (κ2) is 22.9. The summed E-state index contributed by atoms with van der Waals surface area (Å²) >= 11 is 0. The highest BCUT2D eigenvalue weighted by Gasteiger charge is 2.31. The molecular formula is C38H59FN5O6P. The van der Waals surface area contributed by atoms with Gasteiger partial charge in [0.25, 0.3) is 0 Å². The first-order chi connectivity index (χ1) is 24.6. The van der Waals surface area contributed by atoms with Gasteiger partial charge in [-0.15, -0.1) is 0 Å². The Bertz CT molecular complexity index is 1530. The molecule has 51 heavy (non-hydrogen) atoms. The number of benzene rings is 1. The van der Waals surface area contributed by atoms with Crippen molar-refractivity contribution in [1.82, 2.24) is 14.6 Å². The lowest BCUT2D eigenvalue weighted by atomic mass is 10.00. The largest absolute Gasteiger partial charge is 0.472 e. The van der Waals surface area contributed by atoms with Crippen LogP contribution in [-0.4, -0.2) is 51.5 Å². The number of ether oxygens (including phenoxy) is 2. The maximum Gasteiger partial charge on any atom is 0.472 e. The number of unbranched alkanes of at least 4 members (excludes halogenated alkanes) is 13. The van der Waals surface area contributed by atoms with Gasteiger partial charge in [0.05, 0.1) is 43.2 Å². The molecule has 13 heteroatoms. The number of aromatic nitrogens is 3. The summed E-state index contributed by atoms with van der Waals surface area (Å²) in [7, 11) is -2.96. The Morgan fingerprint density at radius 3 is 2.27 bits per heavy atom. The number of halogens is 1. The summed E-state index contributed by atoms with van der Waals surface area (Å²) in [5, 5.41) is 13.5. The number of phosphoric ester groups is 1. The number of hydrogen-bond donors (Lipinski definition) is 2. The number of nitrogens with two attached hydrogens (primary N) is 1. The van der Waals surface area contributed by atoms with Crippen molar-refractivity contribution in [3.05, 3.63) is 59.3 Å². The van der Waals surface area contributed by atoms with Crippen LogP contribution in [0.1, 0.15) is 133 Å². The fourth-order valence-corrected chi connectivity index (χ4v) is 6.91. The Kier molecular flexibility index (Phi) is 19.1. The van der Waals surface area contributed by atoms with E-state index in [0.29, 0.717) is 36.2 Å². The molecule has 3 N–H and O–H groups in total. The maximum atomic E-state index is 14.0. The molecule has 0 fully saturated rings. The van der Waals surface area contributed by atoms with Crippen LogP contribution in [0, 0.1) is 17.1 Å². The van der Waals surface area contributed by atoms with Crippen molar-refractivity contribution in [2.75, 3.05) is 26.1 Å². The van der Waals surface area contributed by atoms with Crippen LogP contribution < -0.4 is 5.73 Å². The zero-order valence-electron chi connectivity index (χ0n) is 30.9. The summed E-state index contributed by atoms with van der Waals surface area (Å²) in [4.78, 5) is 14.6. The molecule has 2 aromatic heterocycles. The van der Waals surface area contributed by atoms with Crippen molar-refractivity contribution >= 4 is 19.2 Å². The van der Waals surface area contributed by atoms with E-state index in [1.54, 1.807) is 17.5 Å². The fourth-order valence-electron chi connectivity index (χ4n) is 6.05. The van der Waals surface area contributed by atoms with Crippen molar-refractivity contribution in [3.63, 3.8) is 0 Å². The van der Waals surface area contributed by atoms with E-state index in [2.05, 4.69) is 17.0 Å². The number of anilines is 1. The molecule has 0 saturated carbocycles. The fraction of sp³-hybridized carbons (Fsp3) is 0.658. The number of rotatable bonds is 28. The first-order valence-electron chi connectivity index (χ1n) is 18.6. The highest BCUT2D eigenvalue weighted by Crippen LogP contribution is 2.45. The third-order valence-corrected chi connectivity index (χ3v) is 10.3. The molecule has 0 aliphatic carbocycles. The summed E-state index contributed by atoms with van der Waals surface area (Å²) in [5.41, 5.74) is 7.33. The predicted molar refractivity (Wildman–Crippen MR) is 197 cm³/mol. The number of methoxy groups -OCH3 is 1. The minimum atomic E-state index is -4.48. The molecule has 3 rings (SSSR count). The number of nitrogen functional groups attached to an aromatic ring is 1. The zero-order chi connectivity index (χ0) is 37.0. The van der Waals surface area contributed by atoms with Crippen LogP contribution in [-0.2, 0) is 36.1 Å². The molecule has 0 bridgehead atoms. The number of fused-ring (bicyclic) bond motifs is 1. The van der Waals surface area contributed by atoms with Crippen LogP contribution in [0.25, 0.3) is 5.52 Å². The van der Waals surface area contributed by atoms with Crippen LogP contribution in [0.3, 0.4) is 0 Å². The molecule has 3 atom stereocenters. The number of hydrogen-bond acceptors (Lipinski definition) is 9. The molecule has 0 radical (unpaired) electrons. The summed E-state index contributed by atoms with van der Waals surface area (Å²) < 4.78 is 51.3. The van der Waals surface area contributed by atoms with Gasteiger partial charge in [-0.25, -0.2) is 18.5 Å². The molecule has 11 nitrogen and oxygen atoms in total. The highest BCUT2D eigenvalue weighted by molar-refractivity contribution is 7.47. The van der Waals surface area contributed by atoms with Crippen molar-refractivity contribution in [2.45, 2.75) is 141 Å². The lowest BCUT2D eigenvalue weighted by Gasteiger charge is -2.29. The van der Waals surface area contributed by atoms with E-state index in [4.69, 9.17) is 24.3 Å². The van der Waals surface area contributed by atoms with E-state index in [1.165, 1.54) is 90.1 Å². The van der Waals surface area contributed by atoms with E-state index in [-0.39, 0.29) is 25.4 Å². The Labute approximate surface area is 303 Å². The summed E-state index contributed by atoms with van der Waals surface area (Å²) in [5.74, 6) is -0.147. The van der Waals surface area contributed by atoms with E-state index in [0.717, 1.165) is 31.0 Å². The predicted octanol–water partition coefficient (Wildman–Crippen LogP) is 9.25. The van der Waals surface area contributed by atoms with Crippen molar-refractivity contribution in [3.8, 4) is 6.07 Å². The number of nitrogens with zero attached hydrogens (tertiary/aromatic N) is 4. The summed E-state index contributed by atoms with van der Waals surface area (Å²) in [6.07, 6.45) is 19.8. The molecule has 284 valence electrons. The monoisotopic (exact) mass is 731 g/mol. The molecule has 1 unspecified atom stereocenters. The maximum absolute atomic E-state index is 14.0. The molecule has 0 spiro atoms. The lowest BCUT2D eigenvalue weighted by Crippen LogP contribution is -2.34. The van der Waals surface area contributed by atoms with Crippen LogP contribution in [0.15, 0.2) is 36.7 Å². The molecule has 2 heterocycles. The van der Waals surface area contributed by atoms with Gasteiger partial charge in [0.15, 0.2) is 5.82 Å². The Morgan fingerprint density at radius 2 is 1.65 bits per heavy atom. The van der Waals surface area contributed by atoms with Gasteiger partial charge in [-0.05, 0) is 62.1 Å². The molecule has 0 aliphatic rings. The van der Waals surface area contributed by atoms with Crippen molar-refractivity contribution in [1.29, 1.82) is 5.26 Å². The number of phosphoric acid groups is 1. The molecule has 0 saturated heterocycles. The van der Waals surface area contributed by atoms with Gasteiger partial charge in [-0.3, -0.25) is 9.05 Å². The van der Waals surface area contributed by atoms with E-state index in [9.17, 15) is 19.1 Å². The average molecular weight is 732 g/mol. The number of nitriles is 1. The first-order valence-corrected chi connectivity index (χ1v) is 20.1. The normalized spacial score (nSPS) is 14.7. The van der Waals surface area contributed by atoms with Gasteiger partial charge in [0.2, 0.25) is 0 Å². The molecule has 0 amide bonds. The van der Waals surface area contributed by atoms with E-state index < -0.39 is 25.3 Å². The number of aryl methyl sites for hydroxylation is 1. The highest BCUT2D eigenvalue weighted by atomic mass is 31.2. The van der Waals surface area contributed by atoms with Gasteiger partial charge in [0.1, 0.15) is 17.7 Å². The Hall–Kier alpha value is -2.91. The van der Waals surface area contributed by atoms with Gasteiger partial charge in [-0.2, -0.15) is 10.4 Å². The summed E-state index contributed by atoms with van der Waals surface area (Å²) in [6.45, 7) is 3.69. The third-order valence-electron chi connectivity index (χ3n) is 9.37. The first kappa shape index (κ1) is 42.5. The Morgan fingerprint density at radius 1 is 1.00 bits per heavy atom. The van der Waals surface area contributed by atoms with E-state index in [1.807, 2.05) is 18.2 Å². The summed E-state index contributed by atoms with van der Waals surface area (Å²) in [6, 6.07) is 9.74. The lowest BCUT2D eigenvalue weighted by molar-refractivity contribution is -0.0495. The SMILES string of the molecule is CCCCCCCCCCCCCCCC[C@@H](COP(=O)(O)OC[C@](C)(CCc1ccc2c(N)ncnn12)OC)OCc1cc(F)cc(C#N)c1. The van der Waals surface area contributed by atoms with Crippen LogP contribution >= 0.6 is 7.82 Å². The molecule has 1 aromatic carbocycles. The van der Waals surface area contributed by atoms with Crippen LogP contribution in [0.5, 0.6) is 0 Å². The van der Waals surface area contributed by atoms with E-state index >= 15 is 0 Å². The molecule has 3 aromatic rings. The van der Waals surface area contributed by atoms with Crippen LogP contribution in [0.2, 0.25) is 0 Å². The van der Waals surface area contributed by atoms with Gasteiger partial charge in [-0.1, -0.05) is 96.8 Å². The van der Waals surface area contributed by atoms with Gasteiger partial charge < -0.3 is 20.1 Å². The van der Waals surface area contributed by atoms with Gasteiger partial charge >= 0.3 is 7.82 Å². The van der Waals surface area contributed by atoms with Crippen molar-refractivity contribution in [2.24, 2.45) is 0 Å². The second-order valence-electron chi connectivity index (χ2n) is 13.7. The average Bonchev–Trinajstić information content (AvgIpc) is 3.55. The smallest absolute Gasteiger partial charge is 0.382 e. The second-order valence-corrected chi connectivity index (χ2v) is 15.2. The third kappa shape index (κ3) is 16.1. The standard InChI is InChI=1S/C38H59FN5O6P/c1-4-5-6-7-8-9-10-11-12-13-14-15-16-17-18-35(48-27-32-23-31(26-40)24-33(39)25-32)28-49-51(45,46)50-29-38(2,47-3)22-21-34-19-20-36-37(41)42-30-43-44(34)36/h19-20,23-25,30,35H,4-18,21-22,27-29H2,1-3H3,(H,45,46)(H2,41,42,43)/t35-,38-/m0/s1. The van der Waals surface area contributed by atoms with Gasteiger partial charge in [0, 0.05) is 12.8 Å². The quantitative estimate of drug-likeness (QED) is 0.0546. The minimum absolute atomic E-state index is 0.0302. The van der Waals surface area contributed by atoms with Crippen LogP contribution in [0.4, 0.5) is 10.2 Å². The zero-order valence-corrected chi connectivity index (χ0v) is 31.8. The molecular weight excluding hydrogens is 672 g/mol. The topological polar surface area (TPSA) is 154 Å². The van der Waals surface area contributed by atoms with Crippen molar-refractivity contribution < 1.29 is 32.4 Å². The molecule has 0 aliphatic heterocycles.